The number of benzene rings is 1. The third kappa shape index (κ3) is 3.28. The maximum atomic E-state index is 11.9. The van der Waals surface area contributed by atoms with Gasteiger partial charge in [-0.3, -0.25) is 0 Å². The number of nitrogens with zero attached hydrogens (tertiary/aromatic N) is 1. The van der Waals surface area contributed by atoms with E-state index < -0.39 is 10.0 Å². The average Bonchev–Trinajstić information content (AvgIpc) is 3.08. The predicted molar refractivity (Wildman–Crippen MR) is 77.7 cm³/mol. The molecule has 0 aromatic heterocycles. The first-order valence-corrected chi connectivity index (χ1v) is 8.18. The molecule has 0 radical (unpaired) electrons. The van der Waals surface area contributed by atoms with Crippen LogP contribution in [-0.4, -0.2) is 32.9 Å². The summed E-state index contributed by atoms with van der Waals surface area (Å²) >= 11 is 0. The van der Waals surface area contributed by atoms with E-state index in [4.69, 9.17) is 0 Å². The molecule has 4 nitrogen and oxygen atoms in total. The van der Waals surface area contributed by atoms with Gasteiger partial charge >= 0.3 is 0 Å². The highest BCUT2D eigenvalue weighted by atomic mass is 32.2. The van der Waals surface area contributed by atoms with Crippen molar-refractivity contribution in [3.63, 3.8) is 0 Å². The molecule has 19 heavy (non-hydrogen) atoms. The molecule has 106 valence electrons. The minimum Gasteiger partial charge on any atom is -0.382 e. The van der Waals surface area contributed by atoms with Crippen LogP contribution in [0.25, 0.3) is 0 Å². The summed E-state index contributed by atoms with van der Waals surface area (Å²) in [6.07, 6.45) is 3.72. The van der Waals surface area contributed by atoms with E-state index in [1.807, 2.05) is 12.1 Å². The van der Waals surface area contributed by atoms with Crippen LogP contribution in [0.3, 0.4) is 0 Å². The molecular formula is C14H22N2O2S. The second-order valence-electron chi connectivity index (χ2n) is 5.35. The van der Waals surface area contributed by atoms with Crippen molar-refractivity contribution in [1.29, 1.82) is 0 Å². The Bertz CT molecular complexity index is 523. The molecular weight excluding hydrogens is 260 g/mol. The highest BCUT2D eigenvalue weighted by molar-refractivity contribution is 7.89. The Hall–Kier alpha value is -1.07. The van der Waals surface area contributed by atoms with Gasteiger partial charge in [0.15, 0.2) is 0 Å². The minimum absolute atomic E-state index is 0.337. The fourth-order valence-electron chi connectivity index (χ4n) is 2.26. The summed E-state index contributed by atoms with van der Waals surface area (Å²) in [4.78, 5) is 0.337. The standard InChI is InChI=1S/C14H22N2O2S/c1-4-5-11-10-14(11)15-12-6-8-13(9-7-12)19(17,18)16(2)3/h6-9,11,14-15H,4-5,10H2,1-3H3. The molecule has 2 unspecified atom stereocenters. The lowest BCUT2D eigenvalue weighted by Crippen LogP contribution is -2.22. The van der Waals surface area contributed by atoms with Crippen LogP contribution in [0.4, 0.5) is 5.69 Å². The summed E-state index contributed by atoms with van der Waals surface area (Å²) < 4.78 is 25.1. The lowest BCUT2D eigenvalue weighted by atomic mass is 10.2. The molecule has 1 aliphatic carbocycles. The van der Waals surface area contributed by atoms with E-state index in [1.165, 1.54) is 23.6 Å². The Morgan fingerprint density at radius 1 is 1.26 bits per heavy atom. The first-order chi connectivity index (χ1) is 8.95. The van der Waals surface area contributed by atoms with Crippen molar-refractivity contribution in [3.8, 4) is 0 Å². The monoisotopic (exact) mass is 282 g/mol. The smallest absolute Gasteiger partial charge is 0.242 e. The average molecular weight is 282 g/mol. The normalized spacial score (nSPS) is 22.5. The van der Waals surface area contributed by atoms with Crippen LogP contribution in [-0.2, 0) is 10.0 Å². The molecule has 0 heterocycles. The van der Waals surface area contributed by atoms with Crippen molar-refractivity contribution < 1.29 is 8.42 Å². The van der Waals surface area contributed by atoms with Crippen LogP contribution >= 0.6 is 0 Å². The molecule has 0 aliphatic heterocycles. The van der Waals surface area contributed by atoms with Crippen molar-refractivity contribution in [3.05, 3.63) is 24.3 Å². The zero-order valence-corrected chi connectivity index (χ0v) is 12.6. The fraction of sp³-hybridized carbons (Fsp3) is 0.571. The zero-order valence-electron chi connectivity index (χ0n) is 11.8. The third-order valence-electron chi connectivity index (χ3n) is 3.57. The van der Waals surface area contributed by atoms with Gasteiger partial charge in [0, 0.05) is 25.8 Å². The highest BCUT2D eigenvalue weighted by Crippen LogP contribution is 2.37. The molecule has 5 heteroatoms. The maximum Gasteiger partial charge on any atom is 0.242 e. The summed E-state index contributed by atoms with van der Waals surface area (Å²) in [5.41, 5.74) is 1.00. The summed E-state index contributed by atoms with van der Waals surface area (Å²) in [6.45, 7) is 2.20. The fourth-order valence-corrected chi connectivity index (χ4v) is 3.16. The first kappa shape index (κ1) is 14.3. The zero-order chi connectivity index (χ0) is 14.0. The molecule has 2 rings (SSSR count). The van der Waals surface area contributed by atoms with E-state index in [-0.39, 0.29) is 0 Å². The van der Waals surface area contributed by atoms with Crippen molar-refractivity contribution in [2.24, 2.45) is 5.92 Å². The molecule has 1 aliphatic rings. The van der Waals surface area contributed by atoms with Gasteiger partial charge in [-0.2, -0.15) is 0 Å². The van der Waals surface area contributed by atoms with Crippen molar-refractivity contribution in [2.45, 2.75) is 37.1 Å². The van der Waals surface area contributed by atoms with E-state index in [2.05, 4.69) is 12.2 Å². The second kappa shape index (κ2) is 5.51. The molecule has 0 amide bonds. The van der Waals surface area contributed by atoms with Gasteiger partial charge in [0.1, 0.15) is 0 Å². The molecule has 1 aromatic rings. The van der Waals surface area contributed by atoms with Gasteiger partial charge in [0.25, 0.3) is 0 Å². The van der Waals surface area contributed by atoms with Gasteiger partial charge in [-0.25, -0.2) is 12.7 Å². The Kier molecular flexibility index (Phi) is 4.16. The van der Waals surface area contributed by atoms with Gasteiger partial charge < -0.3 is 5.32 Å². The van der Waals surface area contributed by atoms with E-state index in [0.29, 0.717) is 10.9 Å². The van der Waals surface area contributed by atoms with Crippen molar-refractivity contribution in [1.82, 2.24) is 4.31 Å². The quantitative estimate of drug-likeness (QED) is 0.872. The summed E-state index contributed by atoms with van der Waals surface area (Å²) in [7, 11) is -0.235. The molecule has 1 saturated carbocycles. The molecule has 2 atom stereocenters. The number of nitrogens with one attached hydrogen (secondary N) is 1. The van der Waals surface area contributed by atoms with Gasteiger partial charge in [0.2, 0.25) is 10.0 Å². The van der Waals surface area contributed by atoms with E-state index in [0.717, 1.165) is 11.6 Å². The van der Waals surface area contributed by atoms with Crippen LogP contribution in [0.5, 0.6) is 0 Å². The molecule has 1 aromatic carbocycles. The van der Waals surface area contributed by atoms with E-state index >= 15 is 0 Å². The van der Waals surface area contributed by atoms with Gasteiger partial charge in [-0.15, -0.1) is 0 Å². The topological polar surface area (TPSA) is 49.4 Å². The number of anilines is 1. The highest BCUT2D eigenvalue weighted by Gasteiger charge is 2.35. The summed E-state index contributed by atoms with van der Waals surface area (Å²) in [5.74, 6) is 0.787. The molecule has 0 bridgehead atoms. The third-order valence-corrected chi connectivity index (χ3v) is 5.40. The molecule has 0 spiro atoms. The van der Waals surface area contributed by atoms with Crippen LogP contribution in [0, 0.1) is 5.92 Å². The Morgan fingerprint density at radius 2 is 1.89 bits per heavy atom. The van der Waals surface area contributed by atoms with Gasteiger partial charge in [0.05, 0.1) is 4.90 Å². The van der Waals surface area contributed by atoms with Crippen LogP contribution < -0.4 is 5.32 Å². The van der Waals surface area contributed by atoms with Crippen LogP contribution in [0.1, 0.15) is 26.2 Å². The lowest BCUT2D eigenvalue weighted by Gasteiger charge is -2.12. The van der Waals surface area contributed by atoms with Crippen LogP contribution in [0.15, 0.2) is 29.2 Å². The largest absolute Gasteiger partial charge is 0.382 e. The maximum absolute atomic E-state index is 11.9. The summed E-state index contributed by atoms with van der Waals surface area (Å²) in [5, 5.41) is 3.45. The number of hydrogen-bond donors (Lipinski definition) is 1. The predicted octanol–water partition coefficient (Wildman–Crippen LogP) is 2.54. The SMILES string of the molecule is CCCC1CC1Nc1ccc(S(=O)(=O)N(C)C)cc1. The molecule has 0 saturated heterocycles. The minimum atomic E-state index is -3.32. The molecule has 1 fully saturated rings. The van der Waals surface area contributed by atoms with Gasteiger partial charge in [-0.05, 0) is 43.0 Å². The van der Waals surface area contributed by atoms with Gasteiger partial charge in [-0.1, -0.05) is 13.3 Å². The Morgan fingerprint density at radius 3 is 2.42 bits per heavy atom. The van der Waals surface area contributed by atoms with E-state index in [1.54, 1.807) is 26.2 Å². The number of rotatable bonds is 6. The number of sulfonamides is 1. The van der Waals surface area contributed by atoms with Crippen LogP contribution in [0.2, 0.25) is 0 Å². The first-order valence-electron chi connectivity index (χ1n) is 6.74. The van der Waals surface area contributed by atoms with Crippen molar-refractivity contribution in [2.75, 3.05) is 19.4 Å². The van der Waals surface area contributed by atoms with Crippen molar-refractivity contribution >= 4 is 15.7 Å². The van der Waals surface area contributed by atoms with E-state index in [9.17, 15) is 8.42 Å². The molecule has 1 N–H and O–H groups in total. The Balaban J connectivity index is 2.00. The number of hydrogen-bond acceptors (Lipinski definition) is 3. The summed E-state index contributed by atoms with van der Waals surface area (Å²) in [6, 6.07) is 7.58. The Labute approximate surface area is 115 Å². The second-order valence-corrected chi connectivity index (χ2v) is 7.50. The lowest BCUT2D eigenvalue weighted by molar-refractivity contribution is 0.521.